The lowest BCUT2D eigenvalue weighted by molar-refractivity contribution is -0.142. The third kappa shape index (κ3) is 3.47. The van der Waals surface area contributed by atoms with Crippen LogP contribution >= 0.6 is 0 Å². The molecule has 1 fully saturated rings. The second kappa shape index (κ2) is 5.73. The van der Waals surface area contributed by atoms with Crippen molar-refractivity contribution in [2.24, 2.45) is 5.92 Å². The lowest BCUT2D eigenvalue weighted by atomic mass is 10.0. The number of hydrogen-bond acceptors (Lipinski definition) is 3. The van der Waals surface area contributed by atoms with Crippen LogP contribution in [0.25, 0.3) is 0 Å². The first-order valence-corrected chi connectivity index (χ1v) is 6.27. The number of methoxy groups -OCH3 is 1. The molecule has 1 saturated carbocycles. The zero-order chi connectivity index (χ0) is 13.8. The molecule has 0 bridgehead atoms. The normalized spacial score (nSPS) is 15.6. The highest BCUT2D eigenvalue weighted by molar-refractivity contribution is 5.86. The van der Waals surface area contributed by atoms with Crippen molar-refractivity contribution >= 4 is 11.9 Å². The van der Waals surface area contributed by atoms with E-state index in [2.05, 4.69) is 5.32 Å². The minimum atomic E-state index is -1.03. The smallest absolute Gasteiger partial charge is 0.326 e. The van der Waals surface area contributed by atoms with Crippen molar-refractivity contribution in [3.63, 3.8) is 0 Å². The summed E-state index contributed by atoms with van der Waals surface area (Å²) in [5.41, 5.74) is 0.772. The van der Waals surface area contributed by atoms with Gasteiger partial charge >= 0.3 is 5.97 Å². The lowest BCUT2D eigenvalue weighted by Crippen LogP contribution is -2.43. The molecule has 1 aromatic rings. The number of aliphatic carboxylic acids is 1. The molecule has 5 nitrogen and oxygen atoms in total. The molecule has 1 aliphatic carbocycles. The van der Waals surface area contributed by atoms with Gasteiger partial charge in [0.15, 0.2) is 0 Å². The minimum absolute atomic E-state index is 0.000445. The number of carboxylic acids is 1. The van der Waals surface area contributed by atoms with Crippen molar-refractivity contribution in [2.45, 2.75) is 25.3 Å². The predicted molar refractivity (Wildman–Crippen MR) is 69.0 cm³/mol. The topological polar surface area (TPSA) is 75.6 Å². The van der Waals surface area contributed by atoms with Crippen molar-refractivity contribution in [3.05, 3.63) is 29.8 Å². The Kier molecular flexibility index (Phi) is 4.04. The Balaban J connectivity index is 2.07. The summed E-state index contributed by atoms with van der Waals surface area (Å²) < 4.78 is 5.19. The van der Waals surface area contributed by atoms with Gasteiger partial charge in [-0.25, -0.2) is 4.79 Å². The summed E-state index contributed by atoms with van der Waals surface area (Å²) in [6.07, 6.45) is 1.93. The summed E-state index contributed by atoms with van der Waals surface area (Å²) in [6.45, 7) is 0. The zero-order valence-electron chi connectivity index (χ0n) is 10.8. The number of amides is 1. The molecule has 0 radical (unpaired) electrons. The van der Waals surface area contributed by atoms with Gasteiger partial charge in [-0.15, -0.1) is 0 Å². The number of hydrogen-bond donors (Lipinski definition) is 2. The Morgan fingerprint density at radius 3 is 2.68 bits per heavy atom. The molecule has 1 amide bonds. The number of rotatable bonds is 6. The van der Waals surface area contributed by atoms with Crippen LogP contribution in [-0.2, 0) is 16.0 Å². The van der Waals surface area contributed by atoms with Crippen LogP contribution in [0.4, 0.5) is 0 Å². The lowest BCUT2D eigenvalue weighted by Gasteiger charge is -2.16. The average molecular weight is 263 g/mol. The Hall–Kier alpha value is -2.04. The van der Waals surface area contributed by atoms with Crippen LogP contribution in [0.3, 0.4) is 0 Å². The Bertz CT molecular complexity index is 482. The van der Waals surface area contributed by atoms with Gasteiger partial charge in [0.2, 0.25) is 5.91 Å². The Morgan fingerprint density at radius 1 is 1.42 bits per heavy atom. The van der Waals surface area contributed by atoms with Crippen LogP contribution < -0.4 is 10.1 Å². The van der Waals surface area contributed by atoms with Crippen molar-refractivity contribution < 1.29 is 19.4 Å². The van der Waals surface area contributed by atoms with Gasteiger partial charge in [0.1, 0.15) is 11.8 Å². The summed E-state index contributed by atoms with van der Waals surface area (Å²) in [5.74, 6) is -0.559. The van der Waals surface area contributed by atoms with E-state index in [-0.39, 0.29) is 18.2 Å². The van der Waals surface area contributed by atoms with Crippen molar-refractivity contribution in [3.8, 4) is 5.75 Å². The summed E-state index contributed by atoms with van der Waals surface area (Å²) in [7, 11) is 1.54. The number of carbonyl (C=O) groups is 2. The Labute approximate surface area is 111 Å². The van der Waals surface area contributed by atoms with E-state index < -0.39 is 12.0 Å². The first-order valence-electron chi connectivity index (χ1n) is 6.27. The number of benzene rings is 1. The average Bonchev–Trinajstić information content (AvgIpc) is 3.22. The molecule has 19 heavy (non-hydrogen) atoms. The van der Waals surface area contributed by atoms with Gasteiger partial charge in [0, 0.05) is 12.3 Å². The van der Waals surface area contributed by atoms with Crippen molar-refractivity contribution in [1.29, 1.82) is 0 Å². The molecule has 1 aliphatic rings. The van der Waals surface area contributed by atoms with E-state index in [1.165, 1.54) is 7.11 Å². The highest BCUT2D eigenvalue weighted by atomic mass is 16.5. The predicted octanol–water partition coefficient (Wildman–Crippen LogP) is 1.22. The summed E-state index contributed by atoms with van der Waals surface area (Å²) in [6, 6.07) is 6.31. The van der Waals surface area contributed by atoms with E-state index >= 15 is 0 Å². The van der Waals surface area contributed by atoms with Gasteiger partial charge in [-0.2, -0.15) is 0 Å². The van der Waals surface area contributed by atoms with Gasteiger partial charge in [-0.3, -0.25) is 4.79 Å². The monoisotopic (exact) mass is 263 g/mol. The molecule has 0 aromatic heterocycles. The minimum Gasteiger partial charge on any atom is -0.496 e. The Morgan fingerprint density at radius 2 is 2.11 bits per heavy atom. The molecule has 2 rings (SSSR count). The largest absolute Gasteiger partial charge is 0.496 e. The number of nitrogens with one attached hydrogen (secondary N) is 1. The first-order chi connectivity index (χ1) is 9.11. The third-order valence-electron chi connectivity index (χ3n) is 3.18. The summed E-state index contributed by atoms with van der Waals surface area (Å²) in [5, 5.41) is 11.8. The van der Waals surface area contributed by atoms with Gasteiger partial charge in [-0.05, 0) is 24.5 Å². The second-order valence-corrected chi connectivity index (χ2v) is 4.69. The highest BCUT2D eigenvalue weighted by Crippen LogP contribution is 2.29. The van der Waals surface area contributed by atoms with E-state index in [4.69, 9.17) is 4.74 Å². The molecular formula is C14H17NO4. The van der Waals surface area contributed by atoms with Gasteiger partial charge in [-0.1, -0.05) is 18.2 Å². The number of ether oxygens (including phenoxy) is 1. The number of carbonyl (C=O) groups excluding carboxylic acids is 1. The molecular weight excluding hydrogens is 246 g/mol. The molecule has 0 saturated heterocycles. The summed E-state index contributed by atoms with van der Waals surface area (Å²) in [4.78, 5) is 22.9. The van der Waals surface area contributed by atoms with Gasteiger partial charge in [0.25, 0.3) is 0 Å². The summed E-state index contributed by atoms with van der Waals surface area (Å²) >= 11 is 0. The zero-order valence-corrected chi connectivity index (χ0v) is 10.8. The van der Waals surface area contributed by atoms with Gasteiger partial charge < -0.3 is 15.2 Å². The fourth-order valence-corrected chi connectivity index (χ4v) is 1.93. The molecule has 102 valence electrons. The van der Waals surface area contributed by atoms with E-state index in [1.54, 1.807) is 12.1 Å². The van der Waals surface area contributed by atoms with Crippen LogP contribution in [0.1, 0.15) is 18.4 Å². The fraction of sp³-hybridized carbons (Fsp3) is 0.429. The highest BCUT2D eigenvalue weighted by Gasteiger charge is 2.32. The maximum Gasteiger partial charge on any atom is 0.326 e. The molecule has 1 unspecified atom stereocenters. The van der Waals surface area contributed by atoms with E-state index in [0.29, 0.717) is 5.75 Å². The van der Waals surface area contributed by atoms with Crippen LogP contribution in [-0.4, -0.2) is 30.1 Å². The molecule has 1 atom stereocenters. The van der Waals surface area contributed by atoms with Crippen LogP contribution in [0, 0.1) is 5.92 Å². The number of para-hydroxylation sites is 1. The SMILES string of the molecule is COc1ccccc1CC(NC(=O)C1CC1)C(=O)O. The van der Waals surface area contributed by atoms with E-state index in [1.807, 2.05) is 12.1 Å². The fourth-order valence-electron chi connectivity index (χ4n) is 1.93. The van der Waals surface area contributed by atoms with E-state index in [0.717, 1.165) is 18.4 Å². The van der Waals surface area contributed by atoms with E-state index in [9.17, 15) is 14.7 Å². The molecule has 0 aliphatic heterocycles. The van der Waals surface area contributed by atoms with Crippen LogP contribution in [0.2, 0.25) is 0 Å². The molecule has 0 spiro atoms. The molecule has 5 heteroatoms. The third-order valence-corrected chi connectivity index (χ3v) is 3.18. The first kappa shape index (κ1) is 13.4. The maximum absolute atomic E-state index is 11.7. The van der Waals surface area contributed by atoms with Crippen molar-refractivity contribution in [1.82, 2.24) is 5.32 Å². The standard InChI is InChI=1S/C14H17NO4/c1-19-12-5-3-2-4-10(12)8-11(14(17)18)15-13(16)9-6-7-9/h2-5,9,11H,6-8H2,1H3,(H,15,16)(H,17,18). The van der Waals surface area contributed by atoms with Crippen molar-refractivity contribution in [2.75, 3.05) is 7.11 Å². The van der Waals surface area contributed by atoms with Gasteiger partial charge in [0.05, 0.1) is 7.11 Å². The van der Waals surface area contributed by atoms with Crippen LogP contribution in [0.15, 0.2) is 24.3 Å². The maximum atomic E-state index is 11.7. The number of carboxylic acid groups (broad SMARTS) is 1. The molecule has 2 N–H and O–H groups in total. The molecule has 1 aromatic carbocycles. The molecule has 0 heterocycles. The quantitative estimate of drug-likeness (QED) is 0.809. The second-order valence-electron chi connectivity index (χ2n) is 4.69. The van der Waals surface area contributed by atoms with Crippen LogP contribution in [0.5, 0.6) is 5.75 Å².